The maximum atomic E-state index is 13.3. The van der Waals surface area contributed by atoms with E-state index < -0.39 is 40.1 Å². The van der Waals surface area contributed by atoms with Gasteiger partial charge in [0.25, 0.3) is 0 Å². The minimum atomic E-state index is -1.15. The topological polar surface area (TPSA) is 91.1 Å². The van der Waals surface area contributed by atoms with E-state index in [1.165, 1.54) is 0 Å². The number of halogens is 3. The number of hydrogen-bond donors (Lipinski definition) is 2. The van der Waals surface area contributed by atoms with Crippen molar-refractivity contribution in [2.45, 2.75) is 11.7 Å². The number of carboxylic acids is 1. The van der Waals surface area contributed by atoms with Gasteiger partial charge in [0.15, 0.2) is 5.17 Å². The SMILES string of the molecule is O=C(O)CC1SC(=NN=Cc2c(F)cc(F)cc2F)NC1=O. The average molecular weight is 331 g/mol. The van der Waals surface area contributed by atoms with Crippen molar-refractivity contribution in [1.29, 1.82) is 0 Å². The molecule has 6 nitrogen and oxygen atoms in total. The van der Waals surface area contributed by atoms with E-state index in [0.717, 1.165) is 18.0 Å². The summed E-state index contributed by atoms with van der Waals surface area (Å²) >= 11 is 0.840. The number of hydrogen-bond acceptors (Lipinski definition) is 5. The van der Waals surface area contributed by atoms with E-state index >= 15 is 0 Å². The molecule has 1 saturated heterocycles. The van der Waals surface area contributed by atoms with Crippen LogP contribution in [0.25, 0.3) is 0 Å². The molecule has 1 aromatic carbocycles. The summed E-state index contributed by atoms with van der Waals surface area (Å²) in [6, 6.07) is 0.985. The van der Waals surface area contributed by atoms with Crippen LogP contribution < -0.4 is 5.32 Å². The Kier molecular flexibility index (Phi) is 4.81. The van der Waals surface area contributed by atoms with Gasteiger partial charge in [0.1, 0.15) is 22.7 Å². The zero-order chi connectivity index (χ0) is 16.3. The monoisotopic (exact) mass is 331 g/mol. The van der Waals surface area contributed by atoms with Crippen LogP contribution in [0.3, 0.4) is 0 Å². The lowest BCUT2D eigenvalue weighted by molar-refractivity contribution is -0.138. The molecule has 1 unspecified atom stereocenters. The number of benzene rings is 1. The van der Waals surface area contributed by atoms with Gasteiger partial charge in [-0.2, -0.15) is 5.10 Å². The van der Waals surface area contributed by atoms with Crippen LogP contribution in [0.1, 0.15) is 12.0 Å². The summed E-state index contributed by atoms with van der Waals surface area (Å²) in [6.45, 7) is 0. The Hall–Kier alpha value is -2.36. The average Bonchev–Trinajstić information content (AvgIpc) is 2.72. The van der Waals surface area contributed by atoms with E-state index in [1.54, 1.807) is 0 Å². The summed E-state index contributed by atoms with van der Waals surface area (Å²) in [6.07, 6.45) is 0.342. The highest BCUT2D eigenvalue weighted by Crippen LogP contribution is 2.22. The number of amides is 1. The van der Waals surface area contributed by atoms with Crippen molar-refractivity contribution in [3.05, 3.63) is 35.1 Å². The van der Waals surface area contributed by atoms with Gasteiger partial charge in [0.2, 0.25) is 5.91 Å². The van der Waals surface area contributed by atoms with Gasteiger partial charge < -0.3 is 10.4 Å². The van der Waals surface area contributed by atoms with E-state index in [4.69, 9.17) is 5.11 Å². The van der Waals surface area contributed by atoms with Crippen LogP contribution in [0.4, 0.5) is 13.2 Å². The van der Waals surface area contributed by atoms with Gasteiger partial charge in [0.05, 0.1) is 18.2 Å². The Labute approximate surface area is 126 Å². The predicted octanol–water partition coefficient (Wildman–Crippen LogP) is 1.50. The zero-order valence-corrected chi connectivity index (χ0v) is 11.5. The summed E-state index contributed by atoms with van der Waals surface area (Å²) in [5.74, 6) is -5.04. The normalized spacial score (nSPS) is 19.9. The molecule has 116 valence electrons. The van der Waals surface area contributed by atoms with Gasteiger partial charge in [0, 0.05) is 12.1 Å². The highest BCUT2D eigenvalue weighted by Gasteiger charge is 2.32. The smallest absolute Gasteiger partial charge is 0.305 e. The fourth-order valence-electron chi connectivity index (χ4n) is 1.56. The van der Waals surface area contributed by atoms with Crippen molar-refractivity contribution >= 4 is 35.0 Å². The molecule has 1 atom stereocenters. The number of aliphatic carboxylic acids is 1. The molecular formula is C12H8F3N3O3S. The van der Waals surface area contributed by atoms with Gasteiger partial charge in [-0.15, -0.1) is 5.10 Å². The lowest BCUT2D eigenvalue weighted by Crippen LogP contribution is -2.26. The summed E-state index contributed by atoms with van der Waals surface area (Å²) in [4.78, 5) is 21.9. The maximum Gasteiger partial charge on any atom is 0.305 e. The first-order chi connectivity index (χ1) is 10.4. The summed E-state index contributed by atoms with van der Waals surface area (Å²) < 4.78 is 39.4. The number of carboxylic acid groups (broad SMARTS) is 1. The van der Waals surface area contributed by atoms with E-state index in [9.17, 15) is 22.8 Å². The summed E-state index contributed by atoms with van der Waals surface area (Å²) in [5.41, 5.74) is -0.581. The summed E-state index contributed by atoms with van der Waals surface area (Å²) in [7, 11) is 0. The second-order valence-corrected chi connectivity index (χ2v) is 5.32. The number of rotatable bonds is 4. The molecule has 0 saturated carbocycles. The van der Waals surface area contributed by atoms with E-state index in [2.05, 4.69) is 15.5 Å². The fourth-order valence-corrected chi connectivity index (χ4v) is 2.48. The highest BCUT2D eigenvalue weighted by atomic mass is 32.2. The van der Waals surface area contributed by atoms with Gasteiger partial charge in [-0.3, -0.25) is 9.59 Å². The second kappa shape index (κ2) is 6.60. The third kappa shape index (κ3) is 3.85. The molecule has 2 N–H and O–H groups in total. The second-order valence-electron chi connectivity index (χ2n) is 4.13. The minimum absolute atomic E-state index is 0.00966. The fraction of sp³-hybridized carbons (Fsp3) is 0.167. The van der Waals surface area contributed by atoms with E-state index in [0.29, 0.717) is 12.1 Å². The lowest BCUT2D eigenvalue weighted by atomic mass is 10.2. The highest BCUT2D eigenvalue weighted by molar-refractivity contribution is 8.15. The van der Waals surface area contributed by atoms with Crippen LogP contribution >= 0.6 is 11.8 Å². The molecule has 2 rings (SSSR count). The van der Waals surface area contributed by atoms with E-state index in [-0.39, 0.29) is 11.6 Å². The molecule has 0 aromatic heterocycles. The first-order valence-electron chi connectivity index (χ1n) is 5.81. The first-order valence-corrected chi connectivity index (χ1v) is 6.69. The van der Waals surface area contributed by atoms with Gasteiger partial charge in [-0.05, 0) is 0 Å². The van der Waals surface area contributed by atoms with Crippen molar-refractivity contribution in [2.75, 3.05) is 0 Å². The molecule has 22 heavy (non-hydrogen) atoms. The molecule has 1 amide bonds. The number of nitrogens with zero attached hydrogens (tertiary/aromatic N) is 2. The number of carbonyl (C=O) groups excluding carboxylic acids is 1. The largest absolute Gasteiger partial charge is 0.481 e. The van der Waals surface area contributed by atoms with Crippen LogP contribution in [-0.2, 0) is 9.59 Å². The quantitative estimate of drug-likeness (QED) is 0.646. The number of amidine groups is 1. The van der Waals surface area contributed by atoms with E-state index in [1.807, 2.05) is 0 Å². The lowest BCUT2D eigenvalue weighted by Gasteiger charge is -1.98. The molecular weight excluding hydrogens is 323 g/mol. The Morgan fingerprint density at radius 2 is 2.00 bits per heavy atom. The van der Waals surface area contributed by atoms with Crippen LogP contribution in [0.2, 0.25) is 0 Å². The molecule has 10 heteroatoms. The molecule has 1 fully saturated rings. The standard InChI is InChI=1S/C12H8F3N3O3S/c13-5-1-7(14)6(8(15)2-5)4-16-18-12-17-11(21)9(22-12)3-10(19)20/h1-2,4,9H,3H2,(H,19,20)(H,17,18,21). The Morgan fingerprint density at radius 3 is 2.59 bits per heavy atom. The molecule has 1 aliphatic heterocycles. The first kappa shape index (κ1) is 16.0. The Balaban J connectivity index is 2.10. The Morgan fingerprint density at radius 1 is 1.36 bits per heavy atom. The third-order valence-electron chi connectivity index (χ3n) is 2.52. The number of carbonyl (C=O) groups is 2. The van der Waals surface area contributed by atoms with Crippen molar-refractivity contribution < 1.29 is 27.9 Å². The van der Waals surface area contributed by atoms with Crippen LogP contribution in [-0.4, -0.2) is 33.6 Å². The predicted molar refractivity (Wildman–Crippen MR) is 73.1 cm³/mol. The van der Waals surface area contributed by atoms with Gasteiger partial charge in [-0.25, -0.2) is 13.2 Å². The molecule has 1 heterocycles. The van der Waals surface area contributed by atoms with Crippen LogP contribution in [0.15, 0.2) is 22.3 Å². The molecule has 0 spiro atoms. The molecule has 1 aromatic rings. The maximum absolute atomic E-state index is 13.3. The molecule has 0 bridgehead atoms. The zero-order valence-electron chi connectivity index (χ0n) is 10.7. The molecule has 0 radical (unpaired) electrons. The van der Waals surface area contributed by atoms with Crippen molar-refractivity contribution in [3.8, 4) is 0 Å². The third-order valence-corrected chi connectivity index (χ3v) is 3.59. The molecule has 0 aliphatic carbocycles. The van der Waals surface area contributed by atoms with Gasteiger partial charge >= 0.3 is 5.97 Å². The summed E-state index contributed by atoms with van der Waals surface area (Å²) in [5, 5.41) is 17.0. The Bertz CT molecular complexity index is 670. The van der Waals surface area contributed by atoms with Crippen molar-refractivity contribution in [2.24, 2.45) is 10.2 Å². The van der Waals surface area contributed by atoms with Crippen molar-refractivity contribution in [1.82, 2.24) is 5.32 Å². The molecule has 1 aliphatic rings. The van der Waals surface area contributed by atoms with Crippen LogP contribution in [0.5, 0.6) is 0 Å². The minimum Gasteiger partial charge on any atom is -0.481 e. The van der Waals surface area contributed by atoms with Crippen molar-refractivity contribution in [3.63, 3.8) is 0 Å². The number of thioether (sulfide) groups is 1. The number of nitrogens with one attached hydrogen (secondary N) is 1. The van der Waals surface area contributed by atoms with Crippen LogP contribution in [0, 0.1) is 17.5 Å². The van der Waals surface area contributed by atoms with Gasteiger partial charge in [-0.1, -0.05) is 11.8 Å².